The van der Waals surface area contributed by atoms with E-state index in [0.717, 1.165) is 30.4 Å². The van der Waals surface area contributed by atoms with E-state index >= 15 is 0 Å². The van der Waals surface area contributed by atoms with Crippen LogP contribution >= 0.6 is 0 Å². The molecule has 1 saturated heterocycles. The van der Waals surface area contributed by atoms with Gasteiger partial charge < -0.3 is 5.32 Å². The second kappa shape index (κ2) is 9.34. The van der Waals surface area contributed by atoms with Gasteiger partial charge in [-0.15, -0.1) is 0 Å². The van der Waals surface area contributed by atoms with Crippen molar-refractivity contribution in [3.8, 4) is 0 Å². The van der Waals surface area contributed by atoms with E-state index in [2.05, 4.69) is 5.32 Å². The van der Waals surface area contributed by atoms with Crippen LogP contribution in [0, 0.1) is 6.92 Å². The molecule has 0 saturated carbocycles. The average Bonchev–Trinajstić information content (AvgIpc) is 2.73. The largest absolute Gasteiger partial charge is 0.352 e. The lowest BCUT2D eigenvalue weighted by atomic mass is 10.1. The first-order chi connectivity index (χ1) is 13.4. The van der Waals surface area contributed by atoms with Gasteiger partial charge in [0.1, 0.15) is 0 Å². The molecule has 28 heavy (non-hydrogen) atoms. The highest BCUT2D eigenvalue weighted by molar-refractivity contribution is 7.89. The van der Waals surface area contributed by atoms with E-state index in [1.54, 1.807) is 28.6 Å². The third kappa shape index (κ3) is 5.42. The molecule has 1 amide bonds. The normalized spacial score (nSPS) is 15.3. The van der Waals surface area contributed by atoms with Gasteiger partial charge in [0.05, 0.1) is 4.90 Å². The van der Waals surface area contributed by atoms with Gasteiger partial charge in [0.25, 0.3) is 0 Å². The van der Waals surface area contributed by atoms with E-state index in [1.807, 2.05) is 31.2 Å². The summed E-state index contributed by atoms with van der Waals surface area (Å²) < 4.78 is 26.9. The van der Waals surface area contributed by atoms with Gasteiger partial charge in [-0.1, -0.05) is 48.4 Å². The number of benzene rings is 2. The Labute approximate surface area is 167 Å². The summed E-state index contributed by atoms with van der Waals surface area (Å²) in [5.74, 6) is -0.00871. The maximum atomic E-state index is 12.7. The van der Waals surface area contributed by atoms with E-state index in [0.29, 0.717) is 37.4 Å². The molecule has 6 heteroatoms. The number of nitrogens with one attached hydrogen (secondary N) is 1. The third-order valence-electron chi connectivity index (χ3n) is 5.13. The zero-order valence-electron chi connectivity index (χ0n) is 16.4. The molecular formula is C22H28N2O3S. The Balaban J connectivity index is 1.49. The van der Waals surface area contributed by atoms with Crippen molar-refractivity contribution in [2.24, 2.45) is 0 Å². The van der Waals surface area contributed by atoms with Crippen LogP contribution in [0.1, 0.15) is 42.4 Å². The summed E-state index contributed by atoms with van der Waals surface area (Å²) >= 11 is 0. The van der Waals surface area contributed by atoms with Gasteiger partial charge in [-0.2, -0.15) is 4.31 Å². The first kappa shape index (κ1) is 20.6. The molecule has 0 aliphatic carbocycles. The standard InChI is InChI=1S/C22H28N2O3S/c1-18-5-7-19(8-6-18)11-14-22(25)23-17-20-9-12-21(13-10-20)28(26,27)24-15-3-2-4-16-24/h5-10,12-13H,2-4,11,14-17H2,1H3,(H,23,25). The van der Waals surface area contributed by atoms with Crippen molar-refractivity contribution in [3.63, 3.8) is 0 Å². The predicted octanol–water partition coefficient (Wildman–Crippen LogP) is 3.42. The van der Waals surface area contributed by atoms with Gasteiger partial charge in [0.2, 0.25) is 15.9 Å². The van der Waals surface area contributed by atoms with Crippen LogP contribution in [0.2, 0.25) is 0 Å². The van der Waals surface area contributed by atoms with Gasteiger partial charge in [-0.3, -0.25) is 4.79 Å². The number of sulfonamides is 1. The van der Waals surface area contributed by atoms with Crippen LogP contribution in [0.3, 0.4) is 0 Å². The maximum absolute atomic E-state index is 12.7. The fraction of sp³-hybridized carbons (Fsp3) is 0.409. The molecule has 150 valence electrons. The van der Waals surface area contributed by atoms with E-state index in [-0.39, 0.29) is 5.91 Å². The molecule has 0 atom stereocenters. The van der Waals surface area contributed by atoms with Crippen LogP contribution in [-0.4, -0.2) is 31.7 Å². The molecule has 2 aromatic carbocycles. The highest BCUT2D eigenvalue weighted by Gasteiger charge is 2.25. The molecule has 3 rings (SSSR count). The van der Waals surface area contributed by atoms with Gasteiger partial charge in [0.15, 0.2) is 0 Å². The fourth-order valence-corrected chi connectivity index (χ4v) is 4.85. The summed E-state index contributed by atoms with van der Waals surface area (Å²) in [5.41, 5.74) is 3.24. The van der Waals surface area contributed by atoms with Gasteiger partial charge in [-0.25, -0.2) is 8.42 Å². The molecule has 0 radical (unpaired) electrons. The Morgan fingerprint density at radius 2 is 1.54 bits per heavy atom. The number of carbonyl (C=O) groups excluding carboxylic acids is 1. The van der Waals surface area contributed by atoms with Crippen molar-refractivity contribution in [1.82, 2.24) is 9.62 Å². The molecular weight excluding hydrogens is 372 g/mol. The molecule has 0 aromatic heterocycles. The van der Waals surface area contributed by atoms with Crippen LogP contribution in [-0.2, 0) is 27.8 Å². The Bertz CT molecular complexity index is 884. The minimum atomic E-state index is -3.41. The Kier molecular flexibility index (Phi) is 6.86. The summed E-state index contributed by atoms with van der Waals surface area (Å²) in [5, 5.41) is 2.90. The Morgan fingerprint density at radius 3 is 2.18 bits per heavy atom. The molecule has 1 heterocycles. The first-order valence-electron chi connectivity index (χ1n) is 9.86. The molecule has 0 bridgehead atoms. The summed E-state index contributed by atoms with van der Waals surface area (Å²) in [4.78, 5) is 12.4. The highest BCUT2D eigenvalue weighted by Crippen LogP contribution is 2.20. The van der Waals surface area contributed by atoms with Gasteiger partial charge in [-0.05, 0) is 49.4 Å². The van der Waals surface area contributed by atoms with Crippen LogP contribution in [0.4, 0.5) is 0 Å². The molecule has 5 nitrogen and oxygen atoms in total. The highest BCUT2D eigenvalue weighted by atomic mass is 32.2. The number of hydrogen-bond donors (Lipinski definition) is 1. The molecule has 1 fully saturated rings. The Morgan fingerprint density at radius 1 is 0.929 bits per heavy atom. The van der Waals surface area contributed by atoms with Crippen LogP contribution in [0.5, 0.6) is 0 Å². The van der Waals surface area contributed by atoms with Crippen molar-refractivity contribution in [2.45, 2.75) is 50.5 Å². The lowest BCUT2D eigenvalue weighted by Gasteiger charge is -2.25. The maximum Gasteiger partial charge on any atom is 0.243 e. The zero-order chi connectivity index (χ0) is 20.0. The van der Waals surface area contributed by atoms with Gasteiger partial charge >= 0.3 is 0 Å². The van der Waals surface area contributed by atoms with Crippen molar-refractivity contribution in [1.29, 1.82) is 0 Å². The zero-order valence-corrected chi connectivity index (χ0v) is 17.2. The molecule has 1 aliphatic rings. The number of nitrogens with zero attached hydrogens (tertiary/aromatic N) is 1. The average molecular weight is 401 g/mol. The van der Waals surface area contributed by atoms with E-state index in [1.165, 1.54) is 5.56 Å². The Hall–Kier alpha value is -2.18. The number of rotatable bonds is 7. The molecule has 0 unspecified atom stereocenters. The summed E-state index contributed by atoms with van der Waals surface area (Å²) in [6, 6.07) is 15.0. The summed E-state index contributed by atoms with van der Waals surface area (Å²) in [6.45, 7) is 3.64. The van der Waals surface area contributed by atoms with Crippen LogP contribution < -0.4 is 5.32 Å². The monoisotopic (exact) mass is 400 g/mol. The number of carbonyl (C=O) groups is 1. The minimum absolute atomic E-state index is 0.00871. The van der Waals surface area contributed by atoms with Crippen molar-refractivity contribution >= 4 is 15.9 Å². The number of hydrogen-bond acceptors (Lipinski definition) is 3. The summed E-state index contributed by atoms with van der Waals surface area (Å²) in [6.07, 6.45) is 4.08. The van der Waals surface area contributed by atoms with Crippen LogP contribution in [0.15, 0.2) is 53.4 Å². The fourth-order valence-electron chi connectivity index (χ4n) is 3.34. The van der Waals surface area contributed by atoms with Crippen LogP contribution in [0.25, 0.3) is 0 Å². The molecule has 2 aromatic rings. The molecule has 1 aliphatic heterocycles. The first-order valence-corrected chi connectivity index (χ1v) is 11.3. The SMILES string of the molecule is Cc1ccc(CCC(=O)NCc2ccc(S(=O)(=O)N3CCCCC3)cc2)cc1. The van der Waals surface area contributed by atoms with E-state index < -0.39 is 10.0 Å². The van der Waals surface area contributed by atoms with Gasteiger partial charge in [0, 0.05) is 26.1 Å². The van der Waals surface area contributed by atoms with Crippen molar-refractivity contribution in [3.05, 3.63) is 65.2 Å². The lowest BCUT2D eigenvalue weighted by Crippen LogP contribution is -2.35. The lowest BCUT2D eigenvalue weighted by molar-refractivity contribution is -0.121. The minimum Gasteiger partial charge on any atom is -0.352 e. The molecule has 1 N–H and O–H groups in total. The van der Waals surface area contributed by atoms with Crippen molar-refractivity contribution in [2.75, 3.05) is 13.1 Å². The van der Waals surface area contributed by atoms with E-state index in [9.17, 15) is 13.2 Å². The quantitative estimate of drug-likeness (QED) is 0.774. The number of aryl methyl sites for hydroxylation is 2. The predicted molar refractivity (Wildman–Crippen MR) is 110 cm³/mol. The smallest absolute Gasteiger partial charge is 0.243 e. The second-order valence-corrected chi connectivity index (χ2v) is 9.31. The van der Waals surface area contributed by atoms with Crippen molar-refractivity contribution < 1.29 is 13.2 Å². The number of amides is 1. The molecule has 0 spiro atoms. The topological polar surface area (TPSA) is 66.5 Å². The summed E-state index contributed by atoms with van der Waals surface area (Å²) in [7, 11) is -3.41. The third-order valence-corrected chi connectivity index (χ3v) is 7.04. The van der Waals surface area contributed by atoms with E-state index in [4.69, 9.17) is 0 Å². The number of piperidine rings is 1. The second-order valence-electron chi connectivity index (χ2n) is 7.37.